The molecule has 1 N–H and O–H groups in total. The van der Waals surface area contributed by atoms with Crippen molar-refractivity contribution >= 4 is 11.8 Å². The molecule has 0 saturated heterocycles. The van der Waals surface area contributed by atoms with Crippen LogP contribution >= 0.6 is 11.8 Å². The second-order valence-electron chi connectivity index (χ2n) is 6.71. The highest BCUT2D eigenvalue weighted by atomic mass is 32.2. The molecule has 19 heavy (non-hydrogen) atoms. The summed E-state index contributed by atoms with van der Waals surface area (Å²) in [4.78, 5) is 0. The van der Waals surface area contributed by atoms with Crippen LogP contribution in [-0.4, -0.2) is 17.3 Å². The van der Waals surface area contributed by atoms with E-state index < -0.39 is 0 Å². The van der Waals surface area contributed by atoms with Crippen molar-refractivity contribution in [3.8, 4) is 0 Å². The number of nitrogens with one attached hydrogen (secondary N) is 1. The zero-order chi connectivity index (χ0) is 14.5. The molecule has 0 amide bonds. The van der Waals surface area contributed by atoms with Crippen LogP contribution in [0.3, 0.4) is 0 Å². The largest absolute Gasteiger partial charge is 0.311 e. The summed E-state index contributed by atoms with van der Waals surface area (Å²) < 4.78 is 0. The van der Waals surface area contributed by atoms with Gasteiger partial charge in [0.25, 0.3) is 0 Å². The van der Waals surface area contributed by atoms with Gasteiger partial charge in [0.05, 0.1) is 0 Å². The molecule has 1 unspecified atom stereocenters. The van der Waals surface area contributed by atoms with E-state index in [1.165, 1.54) is 11.1 Å². The van der Waals surface area contributed by atoms with Crippen molar-refractivity contribution in [2.24, 2.45) is 5.92 Å². The first kappa shape index (κ1) is 16.6. The lowest BCUT2D eigenvalue weighted by Gasteiger charge is -2.27. The molecule has 1 rings (SSSR count). The zero-order valence-corrected chi connectivity index (χ0v) is 14.1. The van der Waals surface area contributed by atoms with E-state index in [1.54, 1.807) is 0 Å². The minimum Gasteiger partial charge on any atom is -0.311 e. The third-order valence-electron chi connectivity index (χ3n) is 3.12. The summed E-state index contributed by atoms with van der Waals surface area (Å²) in [7, 11) is 0. The van der Waals surface area contributed by atoms with E-state index in [0.29, 0.717) is 11.2 Å². The van der Waals surface area contributed by atoms with Crippen molar-refractivity contribution in [2.75, 3.05) is 6.54 Å². The van der Waals surface area contributed by atoms with Crippen LogP contribution in [0.2, 0.25) is 0 Å². The van der Waals surface area contributed by atoms with Gasteiger partial charge >= 0.3 is 0 Å². The quantitative estimate of drug-likeness (QED) is 0.814. The molecule has 1 aromatic rings. The molecule has 0 aromatic heterocycles. The summed E-state index contributed by atoms with van der Waals surface area (Å²) in [6.07, 6.45) is 0. The first-order valence-corrected chi connectivity index (χ1v) is 8.25. The smallest absolute Gasteiger partial charge is 0.0198 e. The highest BCUT2D eigenvalue weighted by Crippen LogP contribution is 2.24. The van der Waals surface area contributed by atoms with Gasteiger partial charge in [0, 0.05) is 23.1 Å². The second-order valence-corrected chi connectivity index (χ2v) is 7.94. The minimum absolute atomic E-state index is 0.205. The van der Waals surface area contributed by atoms with Gasteiger partial charge in [-0.25, -0.2) is 0 Å². The number of hydrogen-bond donors (Lipinski definition) is 1. The summed E-state index contributed by atoms with van der Waals surface area (Å²) >= 11 is 2.07. The number of rotatable bonds is 6. The monoisotopic (exact) mass is 279 g/mol. The molecule has 0 radical (unpaired) electrons. The maximum atomic E-state index is 3.63. The van der Waals surface area contributed by atoms with Crippen molar-refractivity contribution in [3.63, 3.8) is 0 Å². The third kappa shape index (κ3) is 7.03. The second kappa shape index (κ2) is 7.35. The van der Waals surface area contributed by atoms with Crippen molar-refractivity contribution in [3.05, 3.63) is 35.4 Å². The maximum Gasteiger partial charge on any atom is 0.0198 e. The van der Waals surface area contributed by atoms with Crippen molar-refractivity contribution < 1.29 is 0 Å². The average molecular weight is 279 g/mol. The van der Waals surface area contributed by atoms with Crippen LogP contribution < -0.4 is 5.32 Å². The first-order chi connectivity index (χ1) is 8.78. The van der Waals surface area contributed by atoms with Crippen molar-refractivity contribution in [2.45, 2.75) is 58.1 Å². The van der Waals surface area contributed by atoms with Gasteiger partial charge in [-0.3, -0.25) is 0 Å². The Balaban J connectivity index is 2.50. The molecule has 0 aliphatic heterocycles. The maximum absolute atomic E-state index is 3.63. The molecule has 0 aliphatic carbocycles. The van der Waals surface area contributed by atoms with Crippen LogP contribution in [0.1, 0.15) is 45.7 Å². The molecule has 0 aliphatic rings. The fraction of sp³-hybridized carbons (Fsp3) is 0.647. The van der Waals surface area contributed by atoms with E-state index in [4.69, 9.17) is 0 Å². The lowest BCUT2D eigenvalue weighted by Crippen LogP contribution is -2.41. The van der Waals surface area contributed by atoms with Crippen LogP contribution in [-0.2, 0) is 5.75 Å². The van der Waals surface area contributed by atoms with E-state index in [1.807, 2.05) is 0 Å². The van der Waals surface area contributed by atoms with E-state index in [-0.39, 0.29) is 5.54 Å². The van der Waals surface area contributed by atoms with Crippen molar-refractivity contribution in [1.29, 1.82) is 0 Å². The topological polar surface area (TPSA) is 12.0 Å². The Bertz CT molecular complexity index is 379. The molecule has 0 bridgehead atoms. The molecular formula is C17H29NS. The van der Waals surface area contributed by atoms with E-state index in [0.717, 1.165) is 12.3 Å². The fourth-order valence-electron chi connectivity index (χ4n) is 1.90. The van der Waals surface area contributed by atoms with Gasteiger partial charge in [-0.2, -0.15) is 11.8 Å². The Kier molecular flexibility index (Phi) is 6.41. The molecule has 1 atom stereocenters. The van der Waals surface area contributed by atoms with Gasteiger partial charge in [0.2, 0.25) is 0 Å². The molecule has 0 fully saturated rings. The van der Waals surface area contributed by atoms with Crippen LogP contribution in [0.15, 0.2) is 24.3 Å². The van der Waals surface area contributed by atoms with E-state index >= 15 is 0 Å². The molecule has 0 saturated carbocycles. The Hall–Kier alpha value is -0.470. The third-order valence-corrected chi connectivity index (χ3v) is 4.76. The molecule has 1 nitrogen and oxygen atoms in total. The molecule has 0 heterocycles. The molecular weight excluding hydrogens is 250 g/mol. The standard InChI is InChI=1S/C17H29NS/c1-13(2)16(11-18-17(4,5)6)19-12-15-9-7-8-14(3)10-15/h7-10,13,16,18H,11-12H2,1-6H3. The molecule has 0 spiro atoms. The van der Waals surface area contributed by atoms with E-state index in [9.17, 15) is 0 Å². The highest BCUT2D eigenvalue weighted by Gasteiger charge is 2.17. The summed E-state index contributed by atoms with van der Waals surface area (Å²) in [5.74, 6) is 1.81. The highest BCUT2D eigenvalue weighted by molar-refractivity contribution is 7.99. The Morgan fingerprint density at radius 2 is 1.89 bits per heavy atom. The number of hydrogen-bond acceptors (Lipinski definition) is 2. The van der Waals surface area contributed by atoms with E-state index in [2.05, 4.69) is 82.9 Å². The van der Waals surface area contributed by atoms with Gasteiger partial charge in [-0.15, -0.1) is 0 Å². The summed E-state index contributed by atoms with van der Waals surface area (Å²) in [6, 6.07) is 8.84. The van der Waals surface area contributed by atoms with Gasteiger partial charge in [0.15, 0.2) is 0 Å². The summed E-state index contributed by atoms with van der Waals surface area (Å²) in [5, 5.41) is 4.30. The molecule has 108 valence electrons. The summed E-state index contributed by atoms with van der Waals surface area (Å²) in [6.45, 7) is 14.6. The Morgan fingerprint density at radius 1 is 1.21 bits per heavy atom. The Labute approximate surface area is 123 Å². The molecule has 1 aromatic carbocycles. The number of benzene rings is 1. The van der Waals surface area contributed by atoms with Crippen LogP contribution in [0.25, 0.3) is 0 Å². The lowest BCUT2D eigenvalue weighted by atomic mass is 10.1. The van der Waals surface area contributed by atoms with Crippen LogP contribution in [0.4, 0.5) is 0 Å². The number of aryl methyl sites for hydroxylation is 1. The summed E-state index contributed by atoms with van der Waals surface area (Å²) in [5.41, 5.74) is 3.00. The van der Waals surface area contributed by atoms with Gasteiger partial charge in [-0.05, 0) is 39.2 Å². The fourth-order valence-corrected chi connectivity index (χ4v) is 3.07. The minimum atomic E-state index is 0.205. The van der Waals surface area contributed by atoms with Crippen LogP contribution in [0, 0.1) is 12.8 Å². The lowest BCUT2D eigenvalue weighted by molar-refractivity contribution is 0.408. The predicted molar refractivity (Wildman–Crippen MR) is 88.9 cm³/mol. The van der Waals surface area contributed by atoms with Crippen LogP contribution in [0.5, 0.6) is 0 Å². The first-order valence-electron chi connectivity index (χ1n) is 7.20. The SMILES string of the molecule is Cc1cccc(CSC(CNC(C)(C)C)C(C)C)c1. The van der Waals surface area contributed by atoms with Gasteiger partial charge in [-0.1, -0.05) is 43.7 Å². The Morgan fingerprint density at radius 3 is 2.42 bits per heavy atom. The number of thioether (sulfide) groups is 1. The van der Waals surface area contributed by atoms with Crippen molar-refractivity contribution in [1.82, 2.24) is 5.32 Å². The normalized spacial score (nSPS) is 13.8. The predicted octanol–water partition coefficient (Wildman–Crippen LogP) is 4.64. The van der Waals surface area contributed by atoms with Gasteiger partial charge in [0.1, 0.15) is 0 Å². The van der Waals surface area contributed by atoms with Gasteiger partial charge < -0.3 is 5.32 Å². The zero-order valence-electron chi connectivity index (χ0n) is 13.3. The average Bonchev–Trinajstić information content (AvgIpc) is 2.27. The molecule has 2 heteroatoms.